The van der Waals surface area contributed by atoms with Crippen molar-refractivity contribution in [2.24, 2.45) is 5.41 Å². The zero-order valence-electron chi connectivity index (χ0n) is 19.0. The number of methoxy groups -OCH3 is 1. The van der Waals surface area contributed by atoms with E-state index in [9.17, 15) is 19.2 Å². The molecule has 1 aromatic rings. The summed E-state index contributed by atoms with van der Waals surface area (Å²) in [6.07, 6.45) is 3.11. The topological polar surface area (TPSA) is 111 Å². The largest absolute Gasteiger partial charge is 0.467 e. The molecule has 1 saturated carbocycles. The third kappa shape index (κ3) is 6.77. The Kier molecular flexibility index (Phi) is 8.82. The van der Waals surface area contributed by atoms with Crippen LogP contribution in [0.1, 0.15) is 37.7 Å². The Morgan fingerprint density at radius 3 is 2.39 bits per heavy atom. The number of hydrogen-bond acceptors (Lipinski definition) is 7. The number of ether oxygens (including phenoxy) is 3. The molecule has 2 fully saturated rings. The van der Waals surface area contributed by atoms with Crippen LogP contribution in [0.4, 0.5) is 0 Å². The Balaban J connectivity index is 1.55. The van der Waals surface area contributed by atoms with Gasteiger partial charge in [-0.2, -0.15) is 0 Å². The normalized spacial score (nSPS) is 18.3. The van der Waals surface area contributed by atoms with E-state index in [2.05, 4.69) is 5.32 Å². The molecule has 1 atom stereocenters. The molecule has 9 nitrogen and oxygen atoms in total. The molecule has 180 valence electrons. The minimum Gasteiger partial charge on any atom is -0.467 e. The van der Waals surface area contributed by atoms with Crippen LogP contribution in [-0.4, -0.2) is 74.7 Å². The second-order valence-corrected chi connectivity index (χ2v) is 8.57. The van der Waals surface area contributed by atoms with Crippen molar-refractivity contribution in [2.75, 3.05) is 40.0 Å². The fourth-order valence-electron chi connectivity index (χ4n) is 4.42. The summed E-state index contributed by atoms with van der Waals surface area (Å²) in [5.41, 5.74) is -0.0433. The van der Waals surface area contributed by atoms with Crippen LogP contribution in [0, 0.1) is 5.41 Å². The average molecular weight is 461 g/mol. The highest BCUT2D eigenvalue weighted by atomic mass is 16.5. The summed E-state index contributed by atoms with van der Waals surface area (Å²) < 4.78 is 15.4. The standard InChI is InChI=1S/C24H32N2O7/c1-31-22(29)19(15-18-7-3-2-4-8-18)25-20(27)17-33-23(30)24(9-5-6-10-24)16-21(28)26-11-13-32-14-12-26/h2-4,7-8,19H,5-6,9-17H2,1H3,(H,25,27). The summed E-state index contributed by atoms with van der Waals surface area (Å²) >= 11 is 0. The molecule has 0 radical (unpaired) electrons. The molecule has 0 bridgehead atoms. The van der Waals surface area contributed by atoms with Gasteiger partial charge in [0.1, 0.15) is 6.04 Å². The number of hydrogen-bond donors (Lipinski definition) is 1. The van der Waals surface area contributed by atoms with Gasteiger partial charge in [-0.05, 0) is 18.4 Å². The first-order valence-electron chi connectivity index (χ1n) is 11.4. The minimum atomic E-state index is -0.901. The summed E-state index contributed by atoms with van der Waals surface area (Å²) in [7, 11) is 1.25. The zero-order valence-corrected chi connectivity index (χ0v) is 19.0. The summed E-state index contributed by atoms with van der Waals surface area (Å²) in [6.45, 7) is 1.50. The van der Waals surface area contributed by atoms with Crippen LogP contribution in [0.2, 0.25) is 0 Å². The fourth-order valence-corrected chi connectivity index (χ4v) is 4.42. The number of carbonyl (C=O) groups is 4. The number of benzene rings is 1. The lowest BCUT2D eigenvalue weighted by Gasteiger charge is -2.32. The van der Waals surface area contributed by atoms with Crippen LogP contribution in [0.3, 0.4) is 0 Å². The summed E-state index contributed by atoms with van der Waals surface area (Å²) in [5, 5.41) is 2.59. The number of nitrogens with one attached hydrogen (secondary N) is 1. The van der Waals surface area contributed by atoms with E-state index in [-0.39, 0.29) is 18.7 Å². The third-order valence-electron chi connectivity index (χ3n) is 6.29. The molecule has 1 heterocycles. The van der Waals surface area contributed by atoms with Crippen LogP contribution < -0.4 is 5.32 Å². The molecule has 1 saturated heterocycles. The molecule has 0 spiro atoms. The van der Waals surface area contributed by atoms with E-state index in [1.54, 1.807) is 4.90 Å². The summed E-state index contributed by atoms with van der Waals surface area (Å²) in [5.74, 6) is -1.80. The molecule has 1 aliphatic carbocycles. The zero-order chi connectivity index (χ0) is 23.7. The first-order chi connectivity index (χ1) is 15.9. The van der Waals surface area contributed by atoms with Crippen LogP contribution in [0.25, 0.3) is 0 Å². The predicted molar refractivity (Wildman–Crippen MR) is 118 cm³/mol. The van der Waals surface area contributed by atoms with Gasteiger partial charge in [-0.3, -0.25) is 14.4 Å². The first-order valence-corrected chi connectivity index (χ1v) is 11.4. The third-order valence-corrected chi connectivity index (χ3v) is 6.29. The maximum absolute atomic E-state index is 13.0. The lowest BCUT2D eigenvalue weighted by atomic mass is 9.82. The van der Waals surface area contributed by atoms with Gasteiger partial charge in [0.2, 0.25) is 5.91 Å². The van der Waals surface area contributed by atoms with Crippen molar-refractivity contribution in [1.82, 2.24) is 10.2 Å². The molecule has 1 N–H and O–H groups in total. The van der Waals surface area contributed by atoms with Gasteiger partial charge in [-0.25, -0.2) is 4.79 Å². The summed E-state index contributed by atoms with van der Waals surface area (Å²) in [4.78, 5) is 52.0. The SMILES string of the molecule is COC(=O)C(Cc1ccccc1)NC(=O)COC(=O)C1(CC(=O)N2CCOCC2)CCCC1. The van der Waals surface area contributed by atoms with Crippen LogP contribution in [-0.2, 0) is 39.8 Å². The molecule has 2 aliphatic rings. The maximum Gasteiger partial charge on any atom is 0.328 e. The highest BCUT2D eigenvalue weighted by Crippen LogP contribution is 2.42. The van der Waals surface area contributed by atoms with Gasteiger partial charge in [0.05, 0.1) is 25.7 Å². The molecule has 9 heteroatoms. The van der Waals surface area contributed by atoms with Gasteiger partial charge < -0.3 is 24.4 Å². The van der Waals surface area contributed by atoms with Gasteiger partial charge in [-0.15, -0.1) is 0 Å². The highest BCUT2D eigenvalue weighted by Gasteiger charge is 2.45. The number of amides is 2. The Morgan fingerprint density at radius 2 is 1.76 bits per heavy atom. The second kappa shape index (κ2) is 11.8. The monoisotopic (exact) mass is 460 g/mol. The molecule has 1 unspecified atom stereocenters. The average Bonchev–Trinajstić information content (AvgIpc) is 3.32. The van der Waals surface area contributed by atoms with Crippen molar-refractivity contribution in [3.8, 4) is 0 Å². The Bertz CT molecular complexity index is 830. The van der Waals surface area contributed by atoms with Crippen molar-refractivity contribution >= 4 is 23.8 Å². The van der Waals surface area contributed by atoms with Crippen molar-refractivity contribution in [2.45, 2.75) is 44.6 Å². The van der Waals surface area contributed by atoms with Crippen molar-refractivity contribution < 1.29 is 33.4 Å². The fraction of sp³-hybridized carbons (Fsp3) is 0.583. The molecule has 1 aliphatic heterocycles. The van der Waals surface area contributed by atoms with Crippen LogP contribution in [0.15, 0.2) is 30.3 Å². The van der Waals surface area contributed by atoms with Crippen molar-refractivity contribution in [3.05, 3.63) is 35.9 Å². The molecule has 3 rings (SSSR count). The molecular formula is C24H32N2O7. The van der Waals surface area contributed by atoms with E-state index in [0.29, 0.717) is 39.1 Å². The number of nitrogens with zero attached hydrogens (tertiary/aromatic N) is 1. The van der Waals surface area contributed by atoms with E-state index in [1.165, 1.54) is 7.11 Å². The van der Waals surface area contributed by atoms with E-state index in [4.69, 9.17) is 14.2 Å². The summed E-state index contributed by atoms with van der Waals surface area (Å²) in [6, 6.07) is 8.33. The number of esters is 2. The molecular weight excluding hydrogens is 428 g/mol. The van der Waals surface area contributed by atoms with E-state index >= 15 is 0 Å². The van der Waals surface area contributed by atoms with Crippen molar-refractivity contribution in [3.63, 3.8) is 0 Å². The Labute approximate surface area is 193 Å². The lowest BCUT2D eigenvalue weighted by molar-refractivity contribution is -0.162. The predicted octanol–water partition coefficient (Wildman–Crippen LogP) is 1.24. The lowest BCUT2D eigenvalue weighted by Crippen LogP contribution is -2.46. The van der Waals surface area contributed by atoms with Gasteiger partial charge in [-0.1, -0.05) is 43.2 Å². The van der Waals surface area contributed by atoms with E-state index in [0.717, 1.165) is 18.4 Å². The smallest absolute Gasteiger partial charge is 0.328 e. The quantitative estimate of drug-likeness (QED) is 0.552. The second-order valence-electron chi connectivity index (χ2n) is 8.57. The number of morpholine rings is 1. The maximum atomic E-state index is 13.0. The van der Waals surface area contributed by atoms with Crippen LogP contribution >= 0.6 is 0 Å². The van der Waals surface area contributed by atoms with E-state index in [1.807, 2.05) is 30.3 Å². The first kappa shape index (κ1) is 24.7. The minimum absolute atomic E-state index is 0.0756. The highest BCUT2D eigenvalue weighted by molar-refractivity contribution is 5.89. The Hall–Kier alpha value is -2.94. The molecule has 2 amide bonds. The van der Waals surface area contributed by atoms with Crippen LogP contribution in [0.5, 0.6) is 0 Å². The van der Waals surface area contributed by atoms with Gasteiger partial charge >= 0.3 is 11.9 Å². The number of rotatable bonds is 9. The molecule has 0 aromatic heterocycles. The van der Waals surface area contributed by atoms with Gasteiger partial charge in [0.25, 0.3) is 5.91 Å². The van der Waals surface area contributed by atoms with E-state index < -0.39 is 35.9 Å². The van der Waals surface area contributed by atoms with Gasteiger partial charge in [0, 0.05) is 25.9 Å². The number of carbonyl (C=O) groups excluding carboxylic acids is 4. The molecule has 33 heavy (non-hydrogen) atoms. The van der Waals surface area contributed by atoms with Crippen molar-refractivity contribution in [1.29, 1.82) is 0 Å². The molecule has 1 aromatic carbocycles. The van der Waals surface area contributed by atoms with Gasteiger partial charge in [0.15, 0.2) is 6.61 Å². The Morgan fingerprint density at radius 1 is 1.09 bits per heavy atom.